The number of ether oxygens (including phenoxy) is 1. The first-order chi connectivity index (χ1) is 16.5. The van der Waals surface area contributed by atoms with Crippen LogP contribution in [0.25, 0.3) is 22.1 Å². The van der Waals surface area contributed by atoms with Gasteiger partial charge in [-0.2, -0.15) is 4.98 Å². The van der Waals surface area contributed by atoms with Crippen molar-refractivity contribution >= 4 is 33.7 Å². The molecule has 3 aromatic heterocycles. The molecule has 0 saturated heterocycles. The van der Waals surface area contributed by atoms with Gasteiger partial charge in [-0.15, -0.1) is 0 Å². The first-order valence-corrected chi connectivity index (χ1v) is 11.9. The lowest BCUT2D eigenvalue weighted by Crippen LogP contribution is -2.37. The van der Waals surface area contributed by atoms with Crippen LogP contribution in [0.4, 0.5) is 11.6 Å². The minimum Gasteiger partial charge on any atom is -0.491 e. The van der Waals surface area contributed by atoms with Crippen molar-refractivity contribution in [3.05, 3.63) is 46.6 Å². The number of nitrogens with one attached hydrogen (secondary N) is 1. The van der Waals surface area contributed by atoms with E-state index in [0.29, 0.717) is 24.2 Å². The second-order valence-corrected chi connectivity index (χ2v) is 9.42. The van der Waals surface area contributed by atoms with Crippen molar-refractivity contribution in [3.63, 3.8) is 0 Å². The number of imidazole rings is 1. The molecular weight excluding hydrogens is 430 g/mol. The van der Waals surface area contributed by atoms with Gasteiger partial charge >= 0.3 is 5.69 Å². The molecule has 3 aliphatic rings. The highest BCUT2D eigenvalue weighted by molar-refractivity contribution is 5.90. The fourth-order valence-electron chi connectivity index (χ4n) is 5.43. The molecule has 1 aliphatic carbocycles. The Morgan fingerprint density at radius 1 is 1.12 bits per heavy atom. The molecule has 0 amide bonds. The monoisotopic (exact) mass is 459 g/mol. The molecule has 0 atom stereocenters. The third kappa shape index (κ3) is 3.34. The van der Waals surface area contributed by atoms with Gasteiger partial charge in [-0.3, -0.25) is 14.1 Å². The second kappa shape index (κ2) is 8.09. The van der Waals surface area contributed by atoms with Crippen molar-refractivity contribution in [3.8, 4) is 5.75 Å². The molecule has 4 aromatic rings. The predicted molar refractivity (Wildman–Crippen MR) is 132 cm³/mol. The normalized spacial score (nSPS) is 20.9. The smallest absolute Gasteiger partial charge is 0.330 e. The summed E-state index contributed by atoms with van der Waals surface area (Å²) in [5, 5.41) is 4.60. The number of hydrogen-bond acceptors (Lipinski definition) is 7. The predicted octanol–water partition coefficient (Wildman–Crippen LogP) is 3.22. The van der Waals surface area contributed by atoms with Gasteiger partial charge < -0.3 is 15.0 Å². The maximum atomic E-state index is 13.2. The van der Waals surface area contributed by atoms with Crippen LogP contribution >= 0.6 is 0 Å². The first-order valence-electron chi connectivity index (χ1n) is 11.9. The van der Waals surface area contributed by atoms with E-state index in [-0.39, 0.29) is 11.7 Å². The third-order valence-corrected chi connectivity index (χ3v) is 7.35. The fraction of sp³-hybridized carbons (Fsp3) is 0.440. The maximum Gasteiger partial charge on any atom is 0.330 e. The van der Waals surface area contributed by atoms with E-state index in [1.165, 1.54) is 0 Å². The number of nitrogens with zero attached hydrogens (tertiary/aromatic N) is 6. The van der Waals surface area contributed by atoms with Crippen LogP contribution in [0.3, 0.4) is 0 Å². The highest BCUT2D eigenvalue weighted by atomic mass is 16.5. The van der Waals surface area contributed by atoms with Gasteiger partial charge in [0.25, 0.3) is 0 Å². The highest BCUT2D eigenvalue weighted by Crippen LogP contribution is 2.34. The van der Waals surface area contributed by atoms with E-state index in [4.69, 9.17) is 9.72 Å². The van der Waals surface area contributed by atoms with E-state index in [1.54, 1.807) is 24.0 Å². The minimum atomic E-state index is -0.0237. The molecule has 9 heteroatoms. The van der Waals surface area contributed by atoms with Crippen molar-refractivity contribution in [2.75, 3.05) is 25.1 Å². The molecule has 34 heavy (non-hydrogen) atoms. The molecule has 176 valence electrons. The first kappa shape index (κ1) is 21.1. The number of rotatable bonds is 0. The molecule has 6 bridgehead atoms. The van der Waals surface area contributed by atoms with E-state index < -0.39 is 0 Å². The third-order valence-electron chi connectivity index (χ3n) is 7.35. The number of fused-ring (bicyclic) bond motifs is 5. The summed E-state index contributed by atoms with van der Waals surface area (Å²) in [4.78, 5) is 29.3. The summed E-state index contributed by atoms with van der Waals surface area (Å²) in [6.07, 6.45) is 7.48. The van der Waals surface area contributed by atoms with Crippen LogP contribution < -0.4 is 20.6 Å². The molecular formula is C25H29N7O2. The van der Waals surface area contributed by atoms with Crippen LogP contribution in [0.15, 0.2) is 35.4 Å². The van der Waals surface area contributed by atoms with Crippen LogP contribution in [0, 0.1) is 6.92 Å². The number of anilines is 2. The summed E-state index contributed by atoms with van der Waals surface area (Å²) in [5.74, 6) is 1.38. The topological polar surface area (TPSA) is 90.1 Å². The van der Waals surface area contributed by atoms with Gasteiger partial charge in [0.05, 0.1) is 11.7 Å². The number of benzene rings is 1. The van der Waals surface area contributed by atoms with E-state index in [0.717, 1.165) is 65.6 Å². The van der Waals surface area contributed by atoms with E-state index in [1.807, 2.05) is 22.6 Å². The Morgan fingerprint density at radius 3 is 2.76 bits per heavy atom. The lowest BCUT2D eigenvalue weighted by Gasteiger charge is -2.29. The Morgan fingerprint density at radius 2 is 1.94 bits per heavy atom. The minimum absolute atomic E-state index is 0.0237. The number of pyridine rings is 1. The number of aryl methyl sites for hydroxylation is 2. The molecule has 1 fully saturated rings. The van der Waals surface area contributed by atoms with Crippen molar-refractivity contribution in [1.29, 1.82) is 0 Å². The molecule has 0 unspecified atom stereocenters. The van der Waals surface area contributed by atoms with Crippen molar-refractivity contribution in [1.82, 2.24) is 29.4 Å². The van der Waals surface area contributed by atoms with Gasteiger partial charge in [0.15, 0.2) is 5.65 Å². The lowest BCUT2D eigenvalue weighted by atomic mass is 9.91. The summed E-state index contributed by atoms with van der Waals surface area (Å²) < 4.78 is 9.73. The van der Waals surface area contributed by atoms with Gasteiger partial charge in [-0.1, -0.05) is 0 Å². The highest BCUT2D eigenvalue weighted by Gasteiger charge is 2.27. The van der Waals surface area contributed by atoms with Crippen LogP contribution in [0.5, 0.6) is 5.75 Å². The molecule has 1 saturated carbocycles. The van der Waals surface area contributed by atoms with Gasteiger partial charge in [0, 0.05) is 50.0 Å². The second-order valence-electron chi connectivity index (χ2n) is 9.42. The van der Waals surface area contributed by atoms with Crippen molar-refractivity contribution in [2.24, 2.45) is 7.05 Å². The van der Waals surface area contributed by atoms with Crippen molar-refractivity contribution in [2.45, 2.75) is 44.7 Å². The summed E-state index contributed by atoms with van der Waals surface area (Å²) in [7, 11) is 3.76. The van der Waals surface area contributed by atoms with Crippen LogP contribution in [-0.4, -0.2) is 50.3 Å². The average Bonchev–Trinajstić information content (AvgIpc) is 3.10. The SMILES string of the molecule is Cc1cc2nccc3c2cc1N(C)c1ncc2c(n1)n(c(=O)n2C)C1CCC(CC1)NCCO3. The summed E-state index contributed by atoms with van der Waals surface area (Å²) in [6.45, 7) is 3.42. The van der Waals surface area contributed by atoms with Gasteiger partial charge in [-0.25, -0.2) is 9.78 Å². The molecule has 1 aromatic carbocycles. The number of aromatic nitrogens is 5. The van der Waals surface area contributed by atoms with E-state index >= 15 is 0 Å². The molecule has 9 nitrogen and oxygen atoms in total. The van der Waals surface area contributed by atoms with E-state index in [2.05, 4.69) is 34.3 Å². The Balaban J connectivity index is 1.55. The Hall–Kier alpha value is -3.46. The molecule has 0 radical (unpaired) electrons. The standard InChI is InChI=1S/C25H29N7O2/c1-15-12-19-18-13-20(15)30(2)24-28-14-21-23(29-24)32(25(33)31(21)3)17-6-4-16(5-7-17)26-10-11-34-22(18)8-9-27-19/h8-9,12-14,16-17,26H,4-7,10-11H2,1-3H3. The summed E-state index contributed by atoms with van der Waals surface area (Å²) in [6, 6.07) is 6.65. The molecule has 1 N–H and O–H groups in total. The average molecular weight is 460 g/mol. The largest absolute Gasteiger partial charge is 0.491 e. The molecule has 7 rings (SSSR count). The van der Waals surface area contributed by atoms with Crippen molar-refractivity contribution < 1.29 is 4.74 Å². The zero-order chi connectivity index (χ0) is 23.4. The Kier molecular flexibility index (Phi) is 5.02. The number of hydrogen-bond donors (Lipinski definition) is 1. The van der Waals surface area contributed by atoms with Crippen LogP contribution in [-0.2, 0) is 7.05 Å². The van der Waals surface area contributed by atoms with Gasteiger partial charge in [-0.05, 0) is 56.4 Å². The maximum absolute atomic E-state index is 13.2. The summed E-state index contributed by atoms with van der Waals surface area (Å²) in [5.41, 5.74) is 4.36. The van der Waals surface area contributed by atoms with E-state index in [9.17, 15) is 4.79 Å². The fourth-order valence-corrected chi connectivity index (χ4v) is 5.43. The molecule has 5 heterocycles. The van der Waals surface area contributed by atoms with Gasteiger partial charge in [0.2, 0.25) is 5.95 Å². The molecule has 2 aliphatic heterocycles. The Bertz CT molecular complexity index is 1450. The van der Waals surface area contributed by atoms with Crippen LogP contribution in [0.1, 0.15) is 37.3 Å². The zero-order valence-corrected chi connectivity index (χ0v) is 19.8. The lowest BCUT2D eigenvalue weighted by molar-refractivity contribution is 0.263. The zero-order valence-electron chi connectivity index (χ0n) is 19.8. The van der Waals surface area contributed by atoms with Crippen LogP contribution in [0.2, 0.25) is 0 Å². The summed E-state index contributed by atoms with van der Waals surface area (Å²) >= 11 is 0. The Labute approximate surface area is 197 Å². The molecule has 0 spiro atoms. The quantitative estimate of drug-likeness (QED) is 0.432. The van der Waals surface area contributed by atoms with Gasteiger partial charge in [0.1, 0.15) is 17.9 Å².